The second-order valence-corrected chi connectivity index (χ2v) is 4.34. The highest BCUT2D eigenvalue weighted by atomic mass is 16.5. The fraction of sp³-hybridized carbons (Fsp3) is 0.286. The van der Waals surface area contributed by atoms with Crippen LogP contribution >= 0.6 is 0 Å². The number of aryl methyl sites for hydroxylation is 2. The summed E-state index contributed by atoms with van der Waals surface area (Å²) in [5.74, 6) is 0.493. The number of ether oxygens (including phenoxy) is 1. The van der Waals surface area contributed by atoms with Crippen LogP contribution in [0.2, 0.25) is 0 Å². The van der Waals surface area contributed by atoms with Gasteiger partial charge in [0.2, 0.25) is 5.88 Å². The Morgan fingerprint density at radius 1 is 1.11 bits per heavy atom. The second-order valence-electron chi connectivity index (χ2n) is 4.34. The summed E-state index contributed by atoms with van der Waals surface area (Å²) in [7, 11) is 1.56. The van der Waals surface area contributed by atoms with Crippen LogP contribution in [0.15, 0.2) is 30.3 Å². The predicted molar refractivity (Wildman–Crippen MR) is 70.5 cm³/mol. The van der Waals surface area contributed by atoms with E-state index in [1.54, 1.807) is 13.2 Å². The molecular formula is C14H17N3O. The maximum atomic E-state index is 6.23. The van der Waals surface area contributed by atoms with E-state index in [1.165, 1.54) is 5.56 Å². The van der Waals surface area contributed by atoms with Crippen LogP contribution in [-0.2, 0) is 0 Å². The molecule has 2 aromatic rings. The molecule has 94 valence electrons. The topological polar surface area (TPSA) is 61.0 Å². The van der Waals surface area contributed by atoms with Gasteiger partial charge < -0.3 is 10.5 Å². The Morgan fingerprint density at radius 3 is 2.50 bits per heavy atom. The quantitative estimate of drug-likeness (QED) is 0.897. The highest BCUT2D eigenvalue weighted by Crippen LogP contribution is 2.22. The maximum absolute atomic E-state index is 6.23. The molecule has 4 nitrogen and oxygen atoms in total. The van der Waals surface area contributed by atoms with Crippen LogP contribution in [-0.4, -0.2) is 17.3 Å². The molecule has 0 aliphatic carbocycles. The lowest BCUT2D eigenvalue weighted by molar-refractivity contribution is 0.390. The van der Waals surface area contributed by atoms with Gasteiger partial charge in [-0.15, -0.1) is 10.2 Å². The molecule has 1 atom stereocenters. The number of rotatable bonds is 3. The molecule has 1 aromatic carbocycles. The van der Waals surface area contributed by atoms with Gasteiger partial charge in [0, 0.05) is 6.07 Å². The van der Waals surface area contributed by atoms with Crippen LogP contribution in [0.1, 0.15) is 28.4 Å². The number of aromatic nitrogens is 2. The summed E-state index contributed by atoms with van der Waals surface area (Å²) in [5.41, 5.74) is 10.4. The lowest BCUT2D eigenvalue weighted by Gasteiger charge is -2.14. The molecular weight excluding hydrogens is 226 g/mol. The average Bonchev–Trinajstić information content (AvgIpc) is 2.41. The fourth-order valence-electron chi connectivity index (χ4n) is 1.86. The highest BCUT2D eigenvalue weighted by molar-refractivity contribution is 5.36. The molecule has 1 unspecified atom stereocenters. The Balaban J connectivity index is 2.34. The molecule has 1 heterocycles. The van der Waals surface area contributed by atoms with E-state index >= 15 is 0 Å². The summed E-state index contributed by atoms with van der Waals surface area (Å²) >= 11 is 0. The van der Waals surface area contributed by atoms with Crippen LogP contribution in [0, 0.1) is 13.8 Å². The number of methoxy groups -OCH3 is 1. The molecule has 0 aliphatic heterocycles. The van der Waals surface area contributed by atoms with E-state index < -0.39 is 0 Å². The van der Waals surface area contributed by atoms with Crippen LogP contribution in [0.5, 0.6) is 5.88 Å². The Morgan fingerprint density at radius 2 is 1.89 bits per heavy atom. The lowest BCUT2D eigenvalue weighted by Crippen LogP contribution is -2.15. The minimum atomic E-state index is -0.261. The van der Waals surface area contributed by atoms with Crippen LogP contribution in [0.4, 0.5) is 0 Å². The SMILES string of the molecule is COc1ccc(C(N)c2cc(C)ccc2C)nn1. The molecule has 2 rings (SSSR count). The first-order chi connectivity index (χ1) is 8.61. The largest absolute Gasteiger partial charge is 0.480 e. The van der Waals surface area contributed by atoms with Crippen LogP contribution in [0.25, 0.3) is 0 Å². The first-order valence-corrected chi connectivity index (χ1v) is 5.82. The van der Waals surface area contributed by atoms with Gasteiger partial charge in [-0.25, -0.2) is 0 Å². The second kappa shape index (κ2) is 5.14. The molecule has 18 heavy (non-hydrogen) atoms. The van der Waals surface area contributed by atoms with Crippen molar-refractivity contribution in [1.29, 1.82) is 0 Å². The van der Waals surface area contributed by atoms with Crippen molar-refractivity contribution >= 4 is 0 Å². The smallest absolute Gasteiger partial charge is 0.233 e. The fourth-order valence-corrected chi connectivity index (χ4v) is 1.86. The number of hydrogen-bond acceptors (Lipinski definition) is 4. The number of nitrogens with two attached hydrogens (primary N) is 1. The van der Waals surface area contributed by atoms with E-state index in [1.807, 2.05) is 13.0 Å². The summed E-state index contributed by atoms with van der Waals surface area (Å²) in [6.45, 7) is 4.10. The van der Waals surface area contributed by atoms with Gasteiger partial charge in [-0.3, -0.25) is 0 Å². The minimum absolute atomic E-state index is 0.261. The van der Waals surface area contributed by atoms with Gasteiger partial charge in [-0.1, -0.05) is 23.8 Å². The maximum Gasteiger partial charge on any atom is 0.233 e. The van der Waals surface area contributed by atoms with Crippen LogP contribution in [0.3, 0.4) is 0 Å². The van der Waals surface area contributed by atoms with Gasteiger partial charge in [0.05, 0.1) is 18.8 Å². The molecule has 0 bridgehead atoms. The molecule has 0 aliphatic rings. The number of hydrogen-bond donors (Lipinski definition) is 1. The first-order valence-electron chi connectivity index (χ1n) is 5.82. The van der Waals surface area contributed by atoms with E-state index in [4.69, 9.17) is 10.5 Å². The summed E-state index contributed by atoms with van der Waals surface area (Å²) in [5, 5.41) is 8.04. The Hall–Kier alpha value is -1.94. The van der Waals surface area contributed by atoms with Crippen LogP contribution < -0.4 is 10.5 Å². The molecule has 2 N–H and O–H groups in total. The molecule has 0 saturated carbocycles. The van der Waals surface area contributed by atoms with Crippen molar-refractivity contribution in [2.24, 2.45) is 5.73 Å². The summed E-state index contributed by atoms with van der Waals surface area (Å²) in [6.07, 6.45) is 0. The Kier molecular flexibility index (Phi) is 3.58. The monoisotopic (exact) mass is 243 g/mol. The van der Waals surface area contributed by atoms with Gasteiger partial charge in [-0.2, -0.15) is 0 Å². The van der Waals surface area contributed by atoms with E-state index in [0.717, 1.165) is 16.8 Å². The first kappa shape index (κ1) is 12.5. The normalized spacial score (nSPS) is 12.2. The molecule has 0 spiro atoms. The Bertz CT molecular complexity index is 537. The molecule has 0 saturated heterocycles. The minimum Gasteiger partial charge on any atom is -0.480 e. The third-order valence-electron chi connectivity index (χ3n) is 2.96. The van der Waals surface area contributed by atoms with Crippen molar-refractivity contribution in [1.82, 2.24) is 10.2 Å². The van der Waals surface area contributed by atoms with Gasteiger partial charge in [0.25, 0.3) is 0 Å². The number of benzene rings is 1. The van der Waals surface area contributed by atoms with Crippen molar-refractivity contribution in [2.75, 3.05) is 7.11 Å². The van der Waals surface area contributed by atoms with Crippen molar-refractivity contribution in [2.45, 2.75) is 19.9 Å². The van der Waals surface area contributed by atoms with E-state index in [-0.39, 0.29) is 6.04 Å². The molecule has 1 aromatic heterocycles. The van der Waals surface area contributed by atoms with E-state index in [9.17, 15) is 0 Å². The summed E-state index contributed by atoms with van der Waals surface area (Å²) in [6, 6.07) is 9.59. The van der Waals surface area contributed by atoms with E-state index in [2.05, 4.69) is 35.3 Å². The van der Waals surface area contributed by atoms with Crippen molar-refractivity contribution in [3.05, 3.63) is 52.7 Å². The summed E-state index contributed by atoms with van der Waals surface area (Å²) < 4.78 is 4.98. The van der Waals surface area contributed by atoms with Gasteiger partial charge in [0.15, 0.2) is 0 Å². The predicted octanol–water partition coefficient (Wildman–Crippen LogP) is 2.15. The summed E-state index contributed by atoms with van der Waals surface area (Å²) in [4.78, 5) is 0. The lowest BCUT2D eigenvalue weighted by atomic mass is 9.97. The third-order valence-corrected chi connectivity index (χ3v) is 2.96. The number of nitrogens with zero attached hydrogens (tertiary/aromatic N) is 2. The average molecular weight is 243 g/mol. The zero-order valence-corrected chi connectivity index (χ0v) is 10.8. The van der Waals surface area contributed by atoms with Gasteiger partial charge >= 0.3 is 0 Å². The molecule has 0 fully saturated rings. The van der Waals surface area contributed by atoms with Crippen molar-refractivity contribution in [3.63, 3.8) is 0 Å². The zero-order chi connectivity index (χ0) is 13.1. The zero-order valence-electron chi connectivity index (χ0n) is 10.8. The van der Waals surface area contributed by atoms with Crippen molar-refractivity contribution < 1.29 is 4.74 Å². The van der Waals surface area contributed by atoms with E-state index in [0.29, 0.717) is 5.88 Å². The molecule has 4 heteroatoms. The van der Waals surface area contributed by atoms with Gasteiger partial charge in [-0.05, 0) is 31.0 Å². The standard InChI is InChI=1S/C14H17N3O/c1-9-4-5-10(2)11(8-9)14(15)12-6-7-13(18-3)17-16-12/h4-8,14H,15H2,1-3H3. The van der Waals surface area contributed by atoms with Gasteiger partial charge in [0.1, 0.15) is 0 Å². The third kappa shape index (κ3) is 2.49. The highest BCUT2D eigenvalue weighted by Gasteiger charge is 2.13. The molecule has 0 amide bonds. The van der Waals surface area contributed by atoms with Crippen molar-refractivity contribution in [3.8, 4) is 5.88 Å². The molecule has 0 radical (unpaired) electrons. The Labute approximate surface area is 107 Å².